The number of halogens is 3. The van der Waals surface area contributed by atoms with Gasteiger partial charge in [0.2, 0.25) is 0 Å². The fourth-order valence-electron chi connectivity index (χ4n) is 2.36. The van der Waals surface area contributed by atoms with Crippen molar-refractivity contribution >= 4 is 46.6 Å². The van der Waals surface area contributed by atoms with Crippen molar-refractivity contribution in [3.63, 3.8) is 0 Å². The van der Waals surface area contributed by atoms with Crippen molar-refractivity contribution in [2.75, 3.05) is 6.61 Å². The van der Waals surface area contributed by atoms with Crippen LogP contribution in [0.2, 0.25) is 10.0 Å². The number of benzene rings is 1. The van der Waals surface area contributed by atoms with Gasteiger partial charge in [-0.15, -0.1) is 23.4 Å². The van der Waals surface area contributed by atoms with Gasteiger partial charge in [0.25, 0.3) is 0 Å². The Labute approximate surface area is 154 Å². The lowest BCUT2D eigenvalue weighted by molar-refractivity contribution is 0.0284. The summed E-state index contributed by atoms with van der Waals surface area (Å²) in [5, 5.41) is 3.23. The van der Waals surface area contributed by atoms with Crippen molar-refractivity contribution in [1.82, 2.24) is 9.55 Å². The maximum atomic E-state index is 6.36. The number of aromatic nitrogens is 2. The average Bonchev–Trinajstić information content (AvgIpc) is 3.16. The number of hydrogen-bond acceptors (Lipinski definition) is 3. The minimum absolute atomic E-state index is 0.0181. The highest BCUT2D eigenvalue weighted by molar-refractivity contribution is 8.04. The first-order valence-corrected chi connectivity index (χ1v) is 9.25. The van der Waals surface area contributed by atoms with Gasteiger partial charge in [-0.25, -0.2) is 4.98 Å². The van der Waals surface area contributed by atoms with E-state index in [-0.39, 0.29) is 16.7 Å². The Morgan fingerprint density at radius 3 is 2.87 bits per heavy atom. The van der Waals surface area contributed by atoms with Crippen molar-refractivity contribution in [3.8, 4) is 0 Å². The van der Waals surface area contributed by atoms with Crippen LogP contribution in [-0.2, 0) is 11.3 Å². The second-order valence-electron chi connectivity index (χ2n) is 5.23. The van der Waals surface area contributed by atoms with Crippen LogP contribution in [0.4, 0.5) is 0 Å². The lowest BCUT2D eigenvalue weighted by atomic mass is 10.1. The Bertz CT molecular complexity index is 678. The molecule has 1 aliphatic rings. The molecule has 2 aromatic rings. The normalized spacial score (nSPS) is 21.7. The molecule has 3 rings (SSSR count). The number of nitrogens with zero attached hydrogens (tertiary/aromatic N) is 2. The molecule has 3 nitrogen and oxygen atoms in total. The van der Waals surface area contributed by atoms with E-state index in [2.05, 4.69) is 11.1 Å². The van der Waals surface area contributed by atoms with Crippen LogP contribution in [0.15, 0.2) is 48.4 Å². The first kappa shape index (κ1) is 17.2. The maximum Gasteiger partial charge on any atom is 0.102 e. The van der Waals surface area contributed by atoms with Gasteiger partial charge in [-0.2, -0.15) is 0 Å². The SMILES string of the molecule is Clc1ccc([C@@H](Cn2ccnc2)OCC2C=CSC2Cl)c(Cl)c1. The monoisotopic (exact) mass is 388 g/mol. The summed E-state index contributed by atoms with van der Waals surface area (Å²) in [5.74, 6) is 0.193. The predicted octanol–water partition coefficient (Wildman–Crippen LogP) is 5.39. The molecule has 0 aliphatic carbocycles. The van der Waals surface area contributed by atoms with Gasteiger partial charge in [0.05, 0.1) is 24.2 Å². The fourth-order valence-corrected chi connectivity index (χ4v) is 4.04. The predicted molar refractivity (Wildman–Crippen MR) is 97.2 cm³/mol. The Balaban J connectivity index is 1.76. The van der Waals surface area contributed by atoms with Crippen molar-refractivity contribution in [2.45, 2.75) is 17.4 Å². The van der Waals surface area contributed by atoms with Gasteiger partial charge in [-0.1, -0.05) is 35.3 Å². The van der Waals surface area contributed by atoms with Crippen molar-refractivity contribution < 1.29 is 4.74 Å². The van der Waals surface area contributed by atoms with Crippen LogP contribution in [-0.4, -0.2) is 20.9 Å². The van der Waals surface area contributed by atoms with Crippen LogP contribution < -0.4 is 0 Å². The van der Waals surface area contributed by atoms with E-state index >= 15 is 0 Å². The molecule has 1 aromatic heterocycles. The molecule has 0 amide bonds. The zero-order valence-electron chi connectivity index (χ0n) is 12.1. The third-order valence-electron chi connectivity index (χ3n) is 3.61. The van der Waals surface area contributed by atoms with Gasteiger partial charge >= 0.3 is 0 Å². The van der Waals surface area contributed by atoms with E-state index in [1.54, 1.807) is 30.4 Å². The molecule has 0 bridgehead atoms. The number of rotatable bonds is 6. The van der Waals surface area contributed by atoms with Crippen LogP contribution >= 0.6 is 46.6 Å². The highest BCUT2D eigenvalue weighted by Gasteiger charge is 2.24. The quantitative estimate of drug-likeness (QED) is 0.620. The molecule has 1 aromatic carbocycles. The Morgan fingerprint density at radius 2 is 2.22 bits per heavy atom. The summed E-state index contributed by atoms with van der Waals surface area (Å²) in [4.78, 5) is 4.07. The summed E-state index contributed by atoms with van der Waals surface area (Å²) >= 11 is 20.2. The van der Waals surface area contributed by atoms with E-state index in [9.17, 15) is 0 Å². The lowest BCUT2D eigenvalue weighted by Crippen LogP contribution is -2.19. The molecule has 2 unspecified atom stereocenters. The molecular weight excluding hydrogens is 375 g/mol. The molecule has 0 radical (unpaired) electrons. The Morgan fingerprint density at radius 1 is 1.35 bits per heavy atom. The highest BCUT2D eigenvalue weighted by atomic mass is 35.5. The molecule has 3 atom stereocenters. The molecule has 0 saturated heterocycles. The van der Waals surface area contributed by atoms with E-state index in [4.69, 9.17) is 39.5 Å². The summed E-state index contributed by atoms with van der Waals surface area (Å²) in [6, 6.07) is 5.46. The summed E-state index contributed by atoms with van der Waals surface area (Å²) in [7, 11) is 0. The number of hydrogen-bond donors (Lipinski definition) is 0. The molecule has 0 saturated carbocycles. The second-order valence-corrected chi connectivity index (χ2v) is 7.85. The third-order valence-corrected chi connectivity index (χ3v) is 5.72. The van der Waals surface area contributed by atoms with Gasteiger partial charge in [0.1, 0.15) is 6.10 Å². The zero-order chi connectivity index (χ0) is 16.2. The fraction of sp³-hybridized carbons (Fsp3) is 0.312. The molecule has 0 spiro atoms. The number of imidazole rings is 1. The average molecular weight is 390 g/mol. The van der Waals surface area contributed by atoms with Gasteiger partial charge in [-0.05, 0) is 17.5 Å². The Hall–Kier alpha value is -0.650. The summed E-state index contributed by atoms with van der Waals surface area (Å²) in [6.07, 6.45) is 7.29. The summed E-state index contributed by atoms with van der Waals surface area (Å²) < 4.78 is 8.13. The van der Waals surface area contributed by atoms with E-state index in [0.717, 1.165) is 5.56 Å². The van der Waals surface area contributed by atoms with Gasteiger partial charge < -0.3 is 9.30 Å². The number of ether oxygens (including phenoxy) is 1. The number of thioether (sulfide) groups is 1. The zero-order valence-corrected chi connectivity index (χ0v) is 15.2. The summed E-state index contributed by atoms with van der Waals surface area (Å²) in [6.45, 7) is 1.16. The topological polar surface area (TPSA) is 27.1 Å². The van der Waals surface area contributed by atoms with E-state index in [1.807, 2.05) is 28.3 Å². The maximum absolute atomic E-state index is 6.36. The smallest absolute Gasteiger partial charge is 0.102 e. The van der Waals surface area contributed by atoms with Crippen LogP contribution in [0.3, 0.4) is 0 Å². The molecule has 2 heterocycles. The standard InChI is InChI=1S/C16H15Cl3N2OS/c17-12-1-2-13(14(18)7-12)15(8-21-5-4-20-10-21)22-9-11-3-6-23-16(11)19/h1-7,10-11,15-16H,8-9H2/t11?,15-,16?/m1/s1. The first-order valence-electron chi connectivity index (χ1n) is 7.12. The number of alkyl halides is 1. The van der Waals surface area contributed by atoms with Crippen molar-refractivity contribution in [2.24, 2.45) is 5.92 Å². The van der Waals surface area contributed by atoms with E-state index in [1.165, 1.54) is 0 Å². The van der Waals surface area contributed by atoms with Crippen LogP contribution in [0.25, 0.3) is 0 Å². The van der Waals surface area contributed by atoms with Crippen LogP contribution in [0.1, 0.15) is 11.7 Å². The van der Waals surface area contributed by atoms with E-state index in [0.29, 0.717) is 23.2 Å². The van der Waals surface area contributed by atoms with Crippen LogP contribution in [0.5, 0.6) is 0 Å². The lowest BCUT2D eigenvalue weighted by Gasteiger charge is -2.22. The third kappa shape index (κ3) is 4.46. The van der Waals surface area contributed by atoms with Gasteiger partial charge in [0, 0.05) is 33.9 Å². The molecule has 7 heteroatoms. The minimum atomic E-state index is -0.197. The second kappa shape index (κ2) is 7.95. The Kier molecular flexibility index (Phi) is 5.94. The minimum Gasteiger partial charge on any atom is -0.371 e. The first-order chi connectivity index (χ1) is 11.1. The van der Waals surface area contributed by atoms with Gasteiger partial charge in [-0.3, -0.25) is 0 Å². The summed E-state index contributed by atoms with van der Waals surface area (Å²) in [5.41, 5.74) is 0.908. The van der Waals surface area contributed by atoms with Crippen LogP contribution in [0, 0.1) is 5.92 Å². The highest BCUT2D eigenvalue weighted by Crippen LogP contribution is 2.35. The largest absolute Gasteiger partial charge is 0.371 e. The molecule has 23 heavy (non-hydrogen) atoms. The van der Waals surface area contributed by atoms with Crippen molar-refractivity contribution in [3.05, 3.63) is 64.0 Å². The van der Waals surface area contributed by atoms with Crippen molar-refractivity contribution in [1.29, 1.82) is 0 Å². The molecule has 0 N–H and O–H groups in total. The molecule has 0 fully saturated rings. The van der Waals surface area contributed by atoms with Gasteiger partial charge in [0.15, 0.2) is 0 Å². The molecule has 122 valence electrons. The molecule has 1 aliphatic heterocycles. The van der Waals surface area contributed by atoms with E-state index < -0.39 is 0 Å². The molecular formula is C16H15Cl3N2OS.